The quantitative estimate of drug-likeness (QED) is 0.629. The molecule has 4 rings (SSSR count). The number of hydrogen-bond donors (Lipinski definition) is 1. The Kier molecular flexibility index (Phi) is 6.39. The van der Waals surface area contributed by atoms with Crippen LogP contribution in [0.3, 0.4) is 0 Å². The van der Waals surface area contributed by atoms with Crippen LogP contribution in [-0.2, 0) is 11.3 Å². The van der Waals surface area contributed by atoms with E-state index in [0.29, 0.717) is 6.61 Å². The topological polar surface area (TPSA) is 46.6 Å². The van der Waals surface area contributed by atoms with Crippen molar-refractivity contribution in [3.8, 4) is 5.75 Å². The maximum absolute atomic E-state index is 5.97. The molecule has 1 saturated heterocycles. The lowest BCUT2D eigenvalue weighted by Crippen LogP contribution is -2.37. The Labute approximate surface area is 172 Å². The number of para-hydroxylation sites is 2. The Morgan fingerprint density at radius 3 is 2.69 bits per heavy atom. The highest BCUT2D eigenvalue weighted by molar-refractivity contribution is 5.63. The first-order valence-electron chi connectivity index (χ1n) is 10.1. The van der Waals surface area contributed by atoms with E-state index >= 15 is 0 Å². The molecule has 0 spiro atoms. The molecule has 2 heterocycles. The second-order valence-electron chi connectivity index (χ2n) is 7.11. The fraction of sp³-hybridized carbons (Fsp3) is 0.292. The molecule has 29 heavy (non-hydrogen) atoms. The average Bonchev–Trinajstić information content (AvgIpc) is 2.77. The molecule has 5 heteroatoms. The Balaban J connectivity index is 1.37. The zero-order valence-corrected chi connectivity index (χ0v) is 16.8. The minimum Gasteiger partial charge on any atom is -0.492 e. The molecule has 1 aliphatic heterocycles. The molecular weight excluding hydrogens is 362 g/mol. The van der Waals surface area contributed by atoms with Gasteiger partial charge in [-0.2, -0.15) is 0 Å². The van der Waals surface area contributed by atoms with Crippen LogP contribution in [0.1, 0.15) is 24.2 Å². The summed E-state index contributed by atoms with van der Waals surface area (Å²) in [7, 11) is 0. The van der Waals surface area contributed by atoms with Crippen LogP contribution in [-0.4, -0.2) is 36.2 Å². The van der Waals surface area contributed by atoms with E-state index in [-0.39, 0.29) is 6.10 Å². The molecular formula is C24H27N3O2. The number of nitrogens with one attached hydrogen (secondary N) is 1. The first-order valence-corrected chi connectivity index (χ1v) is 10.1. The predicted molar refractivity (Wildman–Crippen MR) is 116 cm³/mol. The molecule has 1 atom stereocenters. The molecule has 0 radical (unpaired) electrons. The van der Waals surface area contributed by atoms with Crippen LogP contribution in [0.2, 0.25) is 0 Å². The van der Waals surface area contributed by atoms with Gasteiger partial charge in [-0.1, -0.05) is 48.5 Å². The van der Waals surface area contributed by atoms with Crippen molar-refractivity contribution in [1.82, 2.24) is 9.88 Å². The highest BCUT2D eigenvalue weighted by atomic mass is 16.5. The fourth-order valence-corrected chi connectivity index (χ4v) is 3.55. The van der Waals surface area contributed by atoms with E-state index in [2.05, 4.69) is 45.5 Å². The molecule has 3 aromatic rings. The number of morpholine rings is 1. The van der Waals surface area contributed by atoms with Crippen molar-refractivity contribution < 1.29 is 9.47 Å². The highest BCUT2D eigenvalue weighted by Gasteiger charge is 2.21. The molecule has 1 aromatic heterocycles. The molecule has 1 aliphatic rings. The maximum atomic E-state index is 5.97. The second kappa shape index (κ2) is 9.54. The van der Waals surface area contributed by atoms with Crippen molar-refractivity contribution >= 4 is 11.5 Å². The predicted octanol–water partition coefficient (Wildman–Crippen LogP) is 4.80. The van der Waals surface area contributed by atoms with E-state index in [0.717, 1.165) is 43.5 Å². The van der Waals surface area contributed by atoms with Gasteiger partial charge >= 0.3 is 0 Å². The van der Waals surface area contributed by atoms with Crippen LogP contribution >= 0.6 is 0 Å². The van der Waals surface area contributed by atoms with Gasteiger partial charge in [-0.05, 0) is 36.2 Å². The van der Waals surface area contributed by atoms with Crippen LogP contribution < -0.4 is 10.1 Å². The summed E-state index contributed by atoms with van der Waals surface area (Å²) in [5.41, 5.74) is 3.36. The van der Waals surface area contributed by atoms with Crippen LogP contribution in [0.25, 0.3) is 0 Å². The minimum atomic E-state index is 0.133. The van der Waals surface area contributed by atoms with Gasteiger partial charge in [-0.15, -0.1) is 0 Å². The van der Waals surface area contributed by atoms with E-state index in [1.165, 1.54) is 11.1 Å². The first kappa shape index (κ1) is 19.4. The van der Waals surface area contributed by atoms with Gasteiger partial charge in [0.15, 0.2) is 0 Å². The van der Waals surface area contributed by atoms with E-state index < -0.39 is 0 Å². The van der Waals surface area contributed by atoms with Crippen molar-refractivity contribution in [2.24, 2.45) is 0 Å². The second-order valence-corrected chi connectivity index (χ2v) is 7.11. The van der Waals surface area contributed by atoms with Crippen molar-refractivity contribution in [2.45, 2.75) is 19.6 Å². The van der Waals surface area contributed by atoms with Crippen molar-refractivity contribution in [1.29, 1.82) is 0 Å². The summed E-state index contributed by atoms with van der Waals surface area (Å²) < 4.78 is 11.6. The van der Waals surface area contributed by atoms with E-state index in [9.17, 15) is 0 Å². The lowest BCUT2D eigenvalue weighted by molar-refractivity contribution is -0.0329. The van der Waals surface area contributed by atoms with Gasteiger partial charge in [0.05, 0.1) is 25.0 Å². The monoisotopic (exact) mass is 389 g/mol. The largest absolute Gasteiger partial charge is 0.492 e. The molecule has 1 N–H and O–H groups in total. The number of hydrogen-bond acceptors (Lipinski definition) is 5. The number of rotatable bonds is 7. The zero-order valence-electron chi connectivity index (χ0n) is 16.8. The Morgan fingerprint density at radius 1 is 1.07 bits per heavy atom. The van der Waals surface area contributed by atoms with Gasteiger partial charge in [-0.3, -0.25) is 4.90 Å². The average molecular weight is 389 g/mol. The number of ether oxygens (including phenoxy) is 2. The van der Waals surface area contributed by atoms with Crippen LogP contribution in [0.4, 0.5) is 11.5 Å². The van der Waals surface area contributed by atoms with Crippen molar-refractivity contribution in [3.63, 3.8) is 0 Å². The van der Waals surface area contributed by atoms with E-state index in [1.54, 1.807) is 0 Å². The van der Waals surface area contributed by atoms with Crippen molar-refractivity contribution in [3.05, 3.63) is 84.1 Å². The molecule has 0 bridgehead atoms. The molecule has 0 saturated carbocycles. The smallest absolute Gasteiger partial charge is 0.142 e. The molecule has 0 amide bonds. The van der Waals surface area contributed by atoms with Crippen LogP contribution in [0, 0.1) is 0 Å². The molecule has 0 unspecified atom stereocenters. The highest BCUT2D eigenvalue weighted by Crippen LogP contribution is 2.27. The maximum Gasteiger partial charge on any atom is 0.142 e. The molecule has 1 fully saturated rings. The third kappa shape index (κ3) is 5.13. The summed E-state index contributed by atoms with van der Waals surface area (Å²) in [4.78, 5) is 7.02. The number of nitrogens with zero attached hydrogens (tertiary/aromatic N) is 2. The normalized spacial score (nSPS) is 17.1. The van der Waals surface area contributed by atoms with Gasteiger partial charge in [0.25, 0.3) is 0 Å². The van der Waals surface area contributed by atoms with Crippen molar-refractivity contribution in [2.75, 3.05) is 31.6 Å². The third-order valence-electron chi connectivity index (χ3n) is 5.00. The first-order chi connectivity index (χ1) is 14.3. The molecule has 2 aromatic carbocycles. The standard InChI is InChI=1S/C24H27N3O2/c1-2-28-22-11-7-6-10-21(22)26-24-13-12-19(16-25-24)17-27-14-15-29-23(18-27)20-8-4-3-5-9-20/h3-13,16,23H,2,14-15,17-18H2,1H3,(H,25,26)/t23-/m1/s1. The number of aromatic nitrogens is 1. The SMILES string of the molecule is CCOc1ccccc1Nc1ccc(CN2CCO[C@@H](c3ccccc3)C2)cn1. The molecule has 5 nitrogen and oxygen atoms in total. The van der Waals surface area contributed by atoms with Gasteiger partial charge in [0, 0.05) is 25.8 Å². The van der Waals surface area contributed by atoms with E-state index in [1.807, 2.05) is 49.5 Å². The van der Waals surface area contributed by atoms with Gasteiger partial charge < -0.3 is 14.8 Å². The van der Waals surface area contributed by atoms with Gasteiger partial charge in [0.1, 0.15) is 11.6 Å². The summed E-state index contributed by atoms with van der Waals surface area (Å²) >= 11 is 0. The number of anilines is 2. The van der Waals surface area contributed by atoms with Gasteiger partial charge in [-0.25, -0.2) is 4.98 Å². The lowest BCUT2D eigenvalue weighted by atomic mass is 10.1. The van der Waals surface area contributed by atoms with Crippen LogP contribution in [0.15, 0.2) is 72.9 Å². The number of benzene rings is 2. The summed E-state index contributed by atoms with van der Waals surface area (Å²) in [5.74, 6) is 1.64. The zero-order chi connectivity index (χ0) is 19.9. The Hall–Kier alpha value is -2.89. The summed E-state index contributed by atoms with van der Waals surface area (Å²) in [5, 5.41) is 3.35. The van der Waals surface area contributed by atoms with Crippen LogP contribution in [0.5, 0.6) is 5.75 Å². The Bertz CT molecular complexity index is 900. The fourth-order valence-electron chi connectivity index (χ4n) is 3.55. The molecule has 0 aliphatic carbocycles. The summed E-state index contributed by atoms with van der Waals surface area (Å²) in [6, 6.07) is 22.5. The van der Waals surface area contributed by atoms with Gasteiger partial charge in [0.2, 0.25) is 0 Å². The summed E-state index contributed by atoms with van der Waals surface area (Å²) in [6.07, 6.45) is 2.08. The minimum absolute atomic E-state index is 0.133. The number of pyridine rings is 1. The third-order valence-corrected chi connectivity index (χ3v) is 5.00. The van der Waals surface area contributed by atoms with E-state index in [4.69, 9.17) is 9.47 Å². The summed E-state index contributed by atoms with van der Waals surface area (Å²) in [6.45, 7) is 6.07. The molecule has 150 valence electrons. The Morgan fingerprint density at radius 2 is 1.90 bits per heavy atom. The lowest BCUT2D eigenvalue weighted by Gasteiger charge is -2.33.